The summed E-state index contributed by atoms with van der Waals surface area (Å²) >= 11 is 1.29. The molecule has 34 heavy (non-hydrogen) atoms. The summed E-state index contributed by atoms with van der Waals surface area (Å²) in [5.74, 6) is 1.00. The van der Waals surface area contributed by atoms with Crippen molar-refractivity contribution >= 4 is 29.2 Å². The number of nitrogens with two attached hydrogens (primary N) is 1. The number of aromatic nitrogens is 1. The monoisotopic (exact) mass is 486 g/mol. The van der Waals surface area contributed by atoms with E-state index in [0.29, 0.717) is 28.6 Å². The first-order chi connectivity index (χ1) is 16.4. The van der Waals surface area contributed by atoms with Crippen LogP contribution < -0.4 is 30.3 Å². The number of ether oxygens (including phenoxy) is 3. The van der Waals surface area contributed by atoms with Gasteiger partial charge in [0.05, 0.1) is 39.8 Å². The lowest BCUT2D eigenvalue weighted by atomic mass is 10.00. The Labute approximate surface area is 201 Å². The molecule has 11 heteroatoms. The summed E-state index contributed by atoms with van der Waals surface area (Å²) in [5.41, 5.74) is 8.69. The smallest absolute Gasteiger partial charge is 0.346 e. The van der Waals surface area contributed by atoms with Crippen molar-refractivity contribution in [3.63, 3.8) is 0 Å². The molecule has 3 rings (SSSR count). The summed E-state index contributed by atoms with van der Waals surface area (Å²) in [6.45, 7) is 0.103. The zero-order chi connectivity index (χ0) is 24.7. The molecule has 3 amide bonds. The molecule has 0 aliphatic carbocycles. The number of anilines is 1. The van der Waals surface area contributed by atoms with Crippen molar-refractivity contribution in [2.24, 2.45) is 5.73 Å². The number of carbonyl (C=O) groups is 2. The minimum Gasteiger partial charge on any atom is -0.493 e. The number of rotatable bonds is 10. The van der Waals surface area contributed by atoms with E-state index in [9.17, 15) is 9.59 Å². The van der Waals surface area contributed by atoms with Crippen LogP contribution in [-0.4, -0.2) is 51.3 Å². The zero-order valence-electron chi connectivity index (χ0n) is 19.3. The molecule has 0 aliphatic heterocycles. The van der Waals surface area contributed by atoms with Gasteiger partial charge in [0.2, 0.25) is 11.7 Å². The molecule has 3 N–H and O–H groups in total. The minimum absolute atomic E-state index is 0.0282. The third-order valence-electron chi connectivity index (χ3n) is 4.94. The van der Waals surface area contributed by atoms with Crippen LogP contribution in [0.4, 0.5) is 10.5 Å². The normalized spacial score (nSPS) is 10.5. The van der Waals surface area contributed by atoms with Crippen molar-refractivity contribution in [1.29, 1.82) is 0 Å². The number of hydroxylamine groups is 1. The third kappa shape index (κ3) is 5.21. The molecule has 0 atom stereocenters. The quantitative estimate of drug-likeness (QED) is 0.421. The number of methoxy groups -OCH3 is 3. The van der Waals surface area contributed by atoms with Crippen LogP contribution >= 0.6 is 11.5 Å². The molecule has 0 unspecified atom stereocenters. The number of hydrogen-bond acceptors (Lipinski definition) is 8. The first kappa shape index (κ1) is 24.8. The van der Waals surface area contributed by atoms with Crippen LogP contribution in [0.5, 0.6) is 17.2 Å². The van der Waals surface area contributed by atoms with Gasteiger partial charge < -0.3 is 25.3 Å². The molecule has 0 radical (unpaired) electrons. The second-order valence-corrected chi connectivity index (χ2v) is 7.56. The lowest BCUT2D eigenvalue weighted by Gasteiger charge is -2.21. The first-order valence-corrected chi connectivity index (χ1v) is 11.0. The highest BCUT2D eigenvalue weighted by Gasteiger charge is 2.22. The molecule has 0 bridgehead atoms. The number of amides is 3. The predicted molar refractivity (Wildman–Crippen MR) is 129 cm³/mol. The van der Waals surface area contributed by atoms with Crippen LogP contribution in [-0.2, 0) is 9.63 Å². The second-order valence-electron chi connectivity index (χ2n) is 6.93. The highest BCUT2D eigenvalue weighted by Crippen LogP contribution is 2.46. The van der Waals surface area contributed by atoms with E-state index in [0.717, 1.165) is 21.8 Å². The van der Waals surface area contributed by atoms with Gasteiger partial charge in [0.25, 0.3) is 0 Å². The standard InChI is InChI=1S/C23H26N4O6S/c1-30-18-9-8-16(21(31-2)22(18)32-3)20-17(13-34-26-20)14-6-5-7-15(12-14)27(33-4)23(29)25-11-10-19(24)28/h5-9,12-13H,10-11H2,1-4H3,(H2,24,28)(H,25,29). The maximum atomic E-state index is 12.5. The number of benzene rings is 2. The minimum atomic E-state index is -0.522. The van der Waals surface area contributed by atoms with Gasteiger partial charge in [-0.2, -0.15) is 9.44 Å². The molecule has 0 fully saturated rings. The number of hydrogen-bond donors (Lipinski definition) is 2. The van der Waals surface area contributed by atoms with Crippen molar-refractivity contribution in [2.45, 2.75) is 6.42 Å². The molecule has 3 aromatic rings. The fourth-order valence-corrected chi connectivity index (χ4v) is 4.10. The van der Waals surface area contributed by atoms with Crippen molar-refractivity contribution in [2.75, 3.05) is 40.0 Å². The first-order valence-electron chi connectivity index (χ1n) is 10.2. The highest BCUT2D eigenvalue weighted by molar-refractivity contribution is 7.04. The Hall–Kier alpha value is -3.83. The van der Waals surface area contributed by atoms with Crippen molar-refractivity contribution in [3.8, 4) is 39.6 Å². The van der Waals surface area contributed by atoms with Gasteiger partial charge in [0.15, 0.2) is 11.5 Å². The summed E-state index contributed by atoms with van der Waals surface area (Å²) in [5, 5.41) is 5.61. The van der Waals surface area contributed by atoms with Crippen molar-refractivity contribution < 1.29 is 28.6 Å². The molecular weight excluding hydrogens is 460 g/mol. The number of nitrogens with zero attached hydrogens (tertiary/aromatic N) is 2. The Balaban J connectivity index is 1.98. The highest BCUT2D eigenvalue weighted by atomic mass is 32.1. The van der Waals surface area contributed by atoms with Crippen LogP contribution in [0, 0.1) is 0 Å². The molecule has 0 aliphatic rings. The Morgan fingerprint density at radius 2 is 1.79 bits per heavy atom. The summed E-state index contributed by atoms with van der Waals surface area (Å²) in [6.07, 6.45) is 0.0282. The largest absolute Gasteiger partial charge is 0.493 e. The topological polar surface area (TPSA) is 125 Å². The molecule has 0 spiro atoms. The molecular formula is C23H26N4O6S. The summed E-state index contributed by atoms with van der Waals surface area (Å²) < 4.78 is 21.1. The summed E-state index contributed by atoms with van der Waals surface area (Å²) in [7, 11) is 6.04. The van der Waals surface area contributed by atoms with Gasteiger partial charge in [-0.05, 0) is 41.4 Å². The fraction of sp³-hybridized carbons (Fsp3) is 0.261. The SMILES string of the molecule is COc1ccc(-c2nscc2-c2cccc(N(OC)C(=O)NCCC(N)=O)c2)c(OC)c1OC. The van der Waals surface area contributed by atoms with Crippen LogP contribution in [0.25, 0.3) is 22.4 Å². The van der Waals surface area contributed by atoms with Gasteiger partial charge in [-0.25, -0.2) is 4.79 Å². The number of primary amides is 1. The Kier molecular flexibility index (Phi) is 8.28. The van der Waals surface area contributed by atoms with E-state index in [1.807, 2.05) is 17.5 Å². The van der Waals surface area contributed by atoms with E-state index in [2.05, 4.69) is 9.69 Å². The van der Waals surface area contributed by atoms with Gasteiger partial charge in [-0.15, -0.1) is 0 Å². The number of urea groups is 1. The lowest BCUT2D eigenvalue weighted by Crippen LogP contribution is -2.40. The molecule has 1 aromatic heterocycles. The van der Waals surface area contributed by atoms with Crippen molar-refractivity contribution in [3.05, 3.63) is 41.8 Å². The maximum absolute atomic E-state index is 12.5. The molecule has 1 heterocycles. The van der Waals surface area contributed by atoms with Gasteiger partial charge in [-0.1, -0.05) is 12.1 Å². The Bertz CT molecular complexity index is 1170. The second kappa shape index (κ2) is 11.3. The van der Waals surface area contributed by atoms with Crippen LogP contribution in [0.2, 0.25) is 0 Å². The average Bonchev–Trinajstić information content (AvgIpc) is 3.33. The molecule has 0 saturated carbocycles. The van der Waals surface area contributed by atoms with Gasteiger partial charge in [0, 0.05) is 29.5 Å². The van der Waals surface area contributed by atoms with Crippen LogP contribution in [0.15, 0.2) is 41.8 Å². The predicted octanol–water partition coefficient (Wildman–Crippen LogP) is 3.46. The summed E-state index contributed by atoms with van der Waals surface area (Å²) in [6, 6.07) is 10.4. The van der Waals surface area contributed by atoms with Crippen LogP contribution in [0.1, 0.15) is 6.42 Å². The van der Waals surface area contributed by atoms with Gasteiger partial charge in [0.1, 0.15) is 0 Å². The molecule has 180 valence electrons. The van der Waals surface area contributed by atoms with E-state index < -0.39 is 11.9 Å². The summed E-state index contributed by atoms with van der Waals surface area (Å²) in [4.78, 5) is 28.8. The van der Waals surface area contributed by atoms with Crippen LogP contribution in [0.3, 0.4) is 0 Å². The third-order valence-corrected chi connectivity index (χ3v) is 5.56. The van der Waals surface area contributed by atoms with E-state index in [1.54, 1.807) is 45.6 Å². The van der Waals surface area contributed by atoms with Gasteiger partial charge >= 0.3 is 6.03 Å². The van der Waals surface area contributed by atoms with Crippen molar-refractivity contribution in [1.82, 2.24) is 9.69 Å². The Morgan fingerprint density at radius 1 is 1.03 bits per heavy atom. The molecule has 0 saturated heterocycles. The van der Waals surface area contributed by atoms with E-state index in [4.69, 9.17) is 24.8 Å². The van der Waals surface area contributed by atoms with E-state index in [1.165, 1.54) is 18.6 Å². The average molecular weight is 487 g/mol. The maximum Gasteiger partial charge on any atom is 0.346 e. The van der Waals surface area contributed by atoms with E-state index >= 15 is 0 Å². The number of nitrogens with one attached hydrogen (secondary N) is 1. The Morgan fingerprint density at radius 3 is 2.44 bits per heavy atom. The lowest BCUT2D eigenvalue weighted by molar-refractivity contribution is -0.117. The van der Waals surface area contributed by atoms with Gasteiger partial charge in [-0.3, -0.25) is 9.63 Å². The number of carbonyl (C=O) groups excluding carboxylic acids is 2. The van der Waals surface area contributed by atoms with E-state index in [-0.39, 0.29) is 13.0 Å². The zero-order valence-corrected chi connectivity index (χ0v) is 20.1. The molecule has 2 aromatic carbocycles. The fourth-order valence-electron chi connectivity index (χ4n) is 3.39. The molecule has 10 nitrogen and oxygen atoms in total.